The van der Waals surface area contributed by atoms with Crippen LogP contribution in [-0.2, 0) is 6.54 Å². The summed E-state index contributed by atoms with van der Waals surface area (Å²) >= 11 is 6.45. The molecule has 5 rings (SSSR count). The number of carbonyl (C=O) groups excluding carboxylic acids is 1. The van der Waals surface area contributed by atoms with E-state index < -0.39 is 0 Å². The van der Waals surface area contributed by atoms with E-state index in [0.717, 1.165) is 62.5 Å². The number of nitrogens with zero attached hydrogens (tertiary/aromatic N) is 3. The summed E-state index contributed by atoms with van der Waals surface area (Å²) in [5, 5.41) is 3.90. The Bertz CT molecular complexity index is 1160. The number of likely N-dealkylation sites (tertiary alicyclic amines) is 1. The fourth-order valence-electron chi connectivity index (χ4n) is 5.20. The summed E-state index contributed by atoms with van der Waals surface area (Å²) < 4.78 is 0. The van der Waals surface area contributed by atoms with Gasteiger partial charge in [-0.3, -0.25) is 9.69 Å². The van der Waals surface area contributed by atoms with Crippen LogP contribution in [0.15, 0.2) is 60.8 Å². The number of piperidine rings is 2. The Morgan fingerprint density at radius 2 is 1.72 bits per heavy atom. The Labute approximate surface area is 219 Å². The summed E-state index contributed by atoms with van der Waals surface area (Å²) in [4.78, 5) is 22.6. The number of hydrogen-bond donors (Lipinski definition) is 1. The molecule has 1 aromatic heterocycles. The summed E-state index contributed by atoms with van der Waals surface area (Å²) in [6, 6.07) is 18.3. The molecule has 36 heavy (non-hydrogen) atoms. The first-order valence-electron chi connectivity index (χ1n) is 13.1. The summed E-state index contributed by atoms with van der Waals surface area (Å²) in [6.07, 6.45) is 7.79. The van der Waals surface area contributed by atoms with Crippen LogP contribution in [0.2, 0.25) is 5.02 Å². The quantitative estimate of drug-likeness (QED) is 0.442. The number of aryl methyl sites for hydroxylation is 1. The van der Waals surface area contributed by atoms with Gasteiger partial charge >= 0.3 is 0 Å². The van der Waals surface area contributed by atoms with Crippen molar-refractivity contribution in [2.75, 3.05) is 31.1 Å². The number of anilines is 1. The molecule has 0 saturated carbocycles. The zero-order valence-electron chi connectivity index (χ0n) is 21.0. The minimum Gasteiger partial charge on any atom is -0.357 e. The van der Waals surface area contributed by atoms with E-state index in [4.69, 9.17) is 16.6 Å². The van der Waals surface area contributed by atoms with Crippen LogP contribution in [0.1, 0.15) is 53.6 Å². The van der Waals surface area contributed by atoms with E-state index in [1.807, 2.05) is 36.5 Å². The van der Waals surface area contributed by atoms with Crippen molar-refractivity contribution in [2.24, 2.45) is 0 Å². The lowest BCUT2D eigenvalue weighted by Gasteiger charge is -2.32. The molecule has 0 aliphatic carbocycles. The summed E-state index contributed by atoms with van der Waals surface area (Å²) in [5.74, 6) is 1.07. The molecule has 2 aromatic carbocycles. The van der Waals surface area contributed by atoms with Gasteiger partial charge in [-0.25, -0.2) is 4.98 Å². The summed E-state index contributed by atoms with van der Waals surface area (Å²) in [6.45, 7) is 7.14. The Morgan fingerprint density at radius 1 is 0.972 bits per heavy atom. The molecule has 2 aliphatic heterocycles. The molecular formula is C30H35ClN4O. The van der Waals surface area contributed by atoms with E-state index in [0.29, 0.717) is 10.6 Å². The lowest BCUT2D eigenvalue weighted by Crippen LogP contribution is -2.44. The van der Waals surface area contributed by atoms with Crippen LogP contribution in [0, 0.1) is 6.92 Å². The van der Waals surface area contributed by atoms with Crippen molar-refractivity contribution in [1.29, 1.82) is 0 Å². The Balaban J connectivity index is 1.13. The molecule has 6 heteroatoms. The molecule has 0 unspecified atom stereocenters. The van der Waals surface area contributed by atoms with Gasteiger partial charge in [0, 0.05) is 61.1 Å². The molecule has 0 spiro atoms. The van der Waals surface area contributed by atoms with E-state index in [1.54, 1.807) is 0 Å². The van der Waals surface area contributed by atoms with Crippen molar-refractivity contribution in [3.8, 4) is 11.1 Å². The van der Waals surface area contributed by atoms with Gasteiger partial charge < -0.3 is 10.2 Å². The van der Waals surface area contributed by atoms with E-state index >= 15 is 0 Å². The molecule has 1 amide bonds. The maximum atomic E-state index is 13.0. The van der Waals surface area contributed by atoms with Crippen LogP contribution >= 0.6 is 11.6 Å². The summed E-state index contributed by atoms with van der Waals surface area (Å²) in [5.41, 5.74) is 5.01. The largest absolute Gasteiger partial charge is 0.357 e. The third kappa shape index (κ3) is 6.08. The number of rotatable bonds is 6. The SMILES string of the molecule is Cc1ccc(-c2cc(C(=O)NC3CCN(Cc4ccc(N5CCCCC5)nc4)CC3)ccc2Cl)cc1. The monoisotopic (exact) mass is 502 g/mol. The van der Waals surface area contributed by atoms with Gasteiger partial charge in [-0.2, -0.15) is 0 Å². The van der Waals surface area contributed by atoms with Gasteiger partial charge in [0.05, 0.1) is 0 Å². The molecule has 2 fully saturated rings. The molecule has 0 radical (unpaired) electrons. The van der Waals surface area contributed by atoms with Crippen LogP contribution in [0.4, 0.5) is 5.82 Å². The topological polar surface area (TPSA) is 48.5 Å². The molecule has 3 heterocycles. The number of aromatic nitrogens is 1. The lowest BCUT2D eigenvalue weighted by atomic mass is 10.0. The molecule has 3 aromatic rings. The van der Waals surface area contributed by atoms with Crippen LogP contribution < -0.4 is 10.2 Å². The minimum atomic E-state index is -0.0315. The van der Waals surface area contributed by atoms with Crippen LogP contribution in [0.5, 0.6) is 0 Å². The van der Waals surface area contributed by atoms with E-state index in [-0.39, 0.29) is 11.9 Å². The second-order valence-electron chi connectivity index (χ2n) is 10.2. The van der Waals surface area contributed by atoms with Crippen molar-refractivity contribution < 1.29 is 4.79 Å². The average Bonchev–Trinajstić information content (AvgIpc) is 2.91. The van der Waals surface area contributed by atoms with Gasteiger partial charge in [-0.15, -0.1) is 0 Å². The molecule has 0 atom stereocenters. The Hall–Kier alpha value is -2.89. The molecule has 188 valence electrons. The Morgan fingerprint density at radius 3 is 2.42 bits per heavy atom. The number of nitrogens with one attached hydrogen (secondary N) is 1. The molecule has 2 aliphatic rings. The molecule has 1 N–H and O–H groups in total. The van der Waals surface area contributed by atoms with Gasteiger partial charge in [0.25, 0.3) is 5.91 Å². The zero-order chi connectivity index (χ0) is 24.9. The van der Waals surface area contributed by atoms with Gasteiger partial charge in [0.2, 0.25) is 0 Å². The van der Waals surface area contributed by atoms with Crippen LogP contribution in [0.25, 0.3) is 11.1 Å². The second-order valence-corrected chi connectivity index (χ2v) is 10.6. The molecule has 2 saturated heterocycles. The van der Waals surface area contributed by atoms with E-state index in [2.05, 4.69) is 46.3 Å². The molecule has 0 bridgehead atoms. The van der Waals surface area contributed by atoms with Gasteiger partial charge in [0.1, 0.15) is 5.82 Å². The first kappa shape index (κ1) is 24.8. The number of pyridine rings is 1. The molecule has 5 nitrogen and oxygen atoms in total. The van der Waals surface area contributed by atoms with Crippen molar-refractivity contribution in [2.45, 2.75) is 51.6 Å². The number of benzene rings is 2. The van der Waals surface area contributed by atoms with Gasteiger partial charge in [0.15, 0.2) is 0 Å². The maximum absolute atomic E-state index is 13.0. The zero-order valence-corrected chi connectivity index (χ0v) is 21.8. The fourth-order valence-corrected chi connectivity index (χ4v) is 5.43. The summed E-state index contributed by atoms with van der Waals surface area (Å²) in [7, 11) is 0. The van der Waals surface area contributed by atoms with E-state index in [9.17, 15) is 4.79 Å². The van der Waals surface area contributed by atoms with Crippen LogP contribution in [-0.4, -0.2) is 48.0 Å². The normalized spacial score (nSPS) is 17.2. The highest BCUT2D eigenvalue weighted by Gasteiger charge is 2.22. The van der Waals surface area contributed by atoms with Crippen LogP contribution in [0.3, 0.4) is 0 Å². The highest BCUT2D eigenvalue weighted by molar-refractivity contribution is 6.33. The second kappa shape index (κ2) is 11.4. The first-order valence-corrected chi connectivity index (χ1v) is 13.5. The average molecular weight is 503 g/mol. The number of carbonyl (C=O) groups is 1. The van der Waals surface area contributed by atoms with Crippen molar-refractivity contribution >= 4 is 23.3 Å². The van der Waals surface area contributed by atoms with Gasteiger partial charge in [-0.05, 0) is 74.4 Å². The predicted molar refractivity (Wildman–Crippen MR) is 148 cm³/mol. The third-order valence-electron chi connectivity index (χ3n) is 7.41. The standard InChI is InChI=1S/C30H35ClN4O/c1-22-5-8-24(9-6-22)27-19-25(10-11-28(27)31)30(36)33-26-13-17-34(18-14-26)21-23-7-12-29(32-20-23)35-15-3-2-4-16-35/h5-12,19-20,26H,2-4,13-18,21H2,1H3,(H,33,36). The first-order chi connectivity index (χ1) is 17.5. The van der Waals surface area contributed by atoms with Gasteiger partial charge in [-0.1, -0.05) is 47.5 Å². The minimum absolute atomic E-state index is 0.0315. The number of amides is 1. The Kier molecular flexibility index (Phi) is 7.88. The highest BCUT2D eigenvalue weighted by Crippen LogP contribution is 2.29. The van der Waals surface area contributed by atoms with Crippen molar-refractivity contribution in [1.82, 2.24) is 15.2 Å². The van der Waals surface area contributed by atoms with Crippen molar-refractivity contribution in [3.63, 3.8) is 0 Å². The van der Waals surface area contributed by atoms with Crippen molar-refractivity contribution in [3.05, 3.63) is 82.5 Å². The molecular weight excluding hydrogens is 468 g/mol. The fraction of sp³-hybridized carbons (Fsp3) is 0.400. The number of halogens is 1. The third-order valence-corrected chi connectivity index (χ3v) is 7.74. The lowest BCUT2D eigenvalue weighted by molar-refractivity contribution is 0.0909. The predicted octanol–water partition coefficient (Wildman–Crippen LogP) is 6.10. The number of hydrogen-bond acceptors (Lipinski definition) is 4. The van der Waals surface area contributed by atoms with E-state index in [1.165, 1.54) is 30.4 Å². The smallest absolute Gasteiger partial charge is 0.251 e. The highest BCUT2D eigenvalue weighted by atomic mass is 35.5. The maximum Gasteiger partial charge on any atom is 0.251 e.